The van der Waals surface area contributed by atoms with Crippen LogP contribution >= 0.6 is 0 Å². The van der Waals surface area contributed by atoms with Crippen molar-refractivity contribution in [1.82, 2.24) is 5.16 Å². The molecule has 0 amide bonds. The van der Waals surface area contributed by atoms with Crippen molar-refractivity contribution in [3.05, 3.63) is 23.4 Å². The SMILES string of the molecule is Cc1noc2c(C)c(N)ccc12. The fourth-order valence-corrected chi connectivity index (χ4v) is 1.27. The molecule has 0 fully saturated rings. The van der Waals surface area contributed by atoms with Crippen LogP contribution in [0.4, 0.5) is 5.69 Å². The Bertz CT molecular complexity index is 431. The van der Waals surface area contributed by atoms with Gasteiger partial charge in [0.25, 0.3) is 0 Å². The maximum Gasteiger partial charge on any atom is 0.172 e. The van der Waals surface area contributed by atoms with E-state index in [2.05, 4.69) is 5.16 Å². The highest BCUT2D eigenvalue weighted by molar-refractivity contribution is 5.86. The van der Waals surface area contributed by atoms with Gasteiger partial charge >= 0.3 is 0 Å². The number of anilines is 1. The molecule has 2 aromatic rings. The van der Waals surface area contributed by atoms with Crippen LogP contribution in [0.3, 0.4) is 0 Å². The summed E-state index contributed by atoms with van der Waals surface area (Å²) in [4.78, 5) is 0. The molecule has 0 spiro atoms. The van der Waals surface area contributed by atoms with E-state index in [1.165, 1.54) is 0 Å². The number of nitrogen functional groups attached to an aromatic ring is 1. The van der Waals surface area contributed by atoms with Gasteiger partial charge in [0.15, 0.2) is 5.58 Å². The summed E-state index contributed by atoms with van der Waals surface area (Å²) < 4.78 is 5.13. The minimum Gasteiger partial charge on any atom is -0.398 e. The van der Waals surface area contributed by atoms with Gasteiger partial charge in [0, 0.05) is 16.6 Å². The largest absolute Gasteiger partial charge is 0.398 e. The molecular weight excluding hydrogens is 152 g/mol. The summed E-state index contributed by atoms with van der Waals surface area (Å²) in [6.45, 7) is 3.85. The predicted octanol–water partition coefficient (Wildman–Crippen LogP) is 2.03. The van der Waals surface area contributed by atoms with Gasteiger partial charge in [-0.1, -0.05) is 5.16 Å². The maximum absolute atomic E-state index is 5.71. The number of aryl methyl sites for hydroxylation is 2. The van der Waals surface area contributed by atoms with Gasteiger partial charge < -0.3 is 10.3 Å². The third-order valence-electron chi connectivity index (χ3n) is 2.11. The van der Waals surface area contributed by atoms with Crippen LogP contribution in [0.1, 0.15) is 11.3 Å². The predicted molar refractivity (Wildman–Crippen MR) is 47.9 cm³/mol. The van der Waals surface area contributed by atoms with Gasteiger partial charge in [-0.3, -0.25) is 0 Å². The minimum atomic E-state index is 0.749. The number of hydrogen-bond donors (Lipinski definition) is 1. The highest BCUT2D eigenvalue weighted by Crippen LogP contribution is 2.25. The normalized spacial score (nSPS) is 10.8. The topological polar surface area (TPSA) is 52.0 Å². The Morgan fingerprint density at radius 3 is 2.83 bits per heavy atom. The number of fused-ring (bicyclic) bond motifs is 1. The van der Waals surface area contributed by atoms with E-state index in [-0.39, 0.29) is 0 Å². The van der Waals surface area contributed by atoms with Crippen LogP contribution in [0.25, 0.3) is 11.0 Å². The van der Waals surface area contributed by atoms with Gasteiger partial charge in [0.05, 0.1) is 5.69 Å². The third-order valence-corrected chi connectivity index (χ3v) is 2.11. The first-order valence-electron chi connectivity index (χ1n) is 3.81. The summed E-state index contributed by atoms with van der Waals surface area (Å²) in [6, 6.07) is 3.81. The van der Waals surface area contributed by atoms with E-state index in [1.807, 2.05) is 26.0 Å². The molecule has 12 heavy (non-hydrogen) atoms. The molecule has 1 heterocycles. The lowest BCUT2D eigenvalue weighted by atomic mass is 10.1. The van der Waals surface area contributed by atoms with E-state index in [9.17, 15) is 0 Å². The summed E-state index contributed by atoms with van der Waals surface area (Å²) >= 11 is 0. The molecule has 0 aliphatic carbocycles. The second-order valence-electron chi connectivity index (χ2n) is 2.92. The van der Waals surface area contributed by atoms with Crippen LogP contribution in [0.15, 0.2) is 16.7 Å². The Kier molecular flexibility index (Phi) is 1.33. The molecule has 0 saturated carbocycles. The fraction of sp³-hybridized carbons (Fsp3) is 0.222. The molecule has 0 aliphatic rings. The van der Waals surface area contributed by atoms with Crippen molar-refractivity contribution >= 4 is 16.7 Å². The van der Waals surface area contributed by atoms with E-state index < -0.39 is 0 Å². The molecule has 0 radical (unpaired) electrons. The average Bonchev–Trinajstić information content (AvgIpc) is 2.41. The number of hydrogen-bond acceptors (Lipinski definition) is 3. The molecule has 0 atom stereocenters. The summed E-state index contributed by atoms with van der Waals surface area (Å²) in [5, 5.41) is 4.91. The standard InChI is InChI=1S/C9H10N2O/c1-5-8(10)4-3-7-6(2)11-12-9(5)7/h3-4H,10H2,1-2H3. The van der Waals surface area contributed by atoms with Gasteiger partial charge in [-0.25, -0.2) is 0 Å². The summed E-state index contributed by atoms with van der Waals surface area (Å²) in [5.74, 6) is 0. The van der Waals surface area contributed by atoms with E-state index in [4.69, 9.17) is 10.3 Å². The van der Waals surface area contributed by atoms with Crippen molar-refractivity contribution in [3.8, 4) is 0 Å². The van der Waals surface area contributed by atoms with Crippen LogP contribution in [0.2, 0.25) is 0 Å². The Balaban J connectivity index is 2.93. The molecule has 0 saturated heterocycles. The van der Waals surface area contributed by atoms with E-state index in [1.54, 1.807) is 0 Å². The van der Waals surface area contributed by atoms with Crippen LogP contribution in [0, 0.1) is 13.8 Å². The second-order valence-corrected chi connectivity index (χ2v) is 2.92. The highest BCUT2D eigenvalue weighted by atomic mass is 16.5. The van der Waals surface area contributed by atoms with Gasteiger partial charge in [-0.15, -0.1) is 0 Å². The van der Waals surface area contributed by atoms with Crippen molar-refractivity contribution in [2.24, 2.45) is 0 Å². The van der Waals surface area contributed by atoms with Gasteiger partial charge in [0.1, 0.15) is 0 Å². The first-order chi connectivity index (χ1) is 5.70. The molecular formula is C9H10N2O. The van der Waals surface area contributed by atoms with Crippen LogP contribution in [-0.4, -0.2) is 5.16 Å². The lowest BCUT2D eigenvalue weighted by Crippen LogP contribution is -1.88. The molecule has 0 bridgehead atoms. The molecule has 1 aromatic heterocycles. The van der Waals surface area contributed by atoms with Crippen molar-refractivity contribution in [1.29, 1.82) is 0 Å². The quantitative estimate of drug-likeness (QED) is 0.603. The molecule has 3 heteroatoms. The zero-order valence-electron chi connectivity index (χ0n) is 7.09. The highest BCUT2D eigenvalue weighted by Gasteiger charge is 2.07. The van der Waals surface area contributed by atoms with Crippen molar-refractivity contribution in [2.75, 3.05) is 5.73 Å². The number of benzene rings is 1. The molecule has 2 N–H and O–H groups in total. The summed E-state index contributed by atoms with van der Waals surface area (Å²) in [7, 11) is 0. The third kappa shape index (κ3) is 0.794. The Morgan fingerprint density at radius 2 is 2.08 bits per heavy atom. The lowest BCUT2D eigenvalue weighted by molar-refractivity contribution is 0.449. The number of rotatable bonds is 0. The number of nitrogens with two attached hydrogens (primary N) is 1. The molecule has 62 valence electrons. The minimum absolute atomic E-state index is 0.749. The summed E-state index contributed by atoms with van der Waals surface area (Å²) in [6.07, 6.45) is 0. The van der Waals surface area contributed by atoms with E-state index in [0.717, 1.165) is 27.9 Å². The van der Waals surface area contributed by atoms with Crippen molar-refractivity contribution in [3.63, 3.8) is 0 Å². The zero-order chi connectivity index (χ0) is 8.72. The molecule has 0 aliphatic heterocycles. The van der Waals surface area contributed by atoms with E-state index >= 15 is 0 Å². The molecule has 2 rings (SSSR count). The summed E-state index contributed by atoms with van der Waals surface area (Å²) in [5.41, 5.74) is 9.13. The first kappa shape index (κ1) is 7.16. The number of nitrogens with zero attached hydrogens (tertiary/aromatic N) is 1. The molecule has 0 unspecified atom stereocenters. The number of aromatic nitrogens is 1. The van der Waals surface area contributed by atoms with Gasteiger partial charge in [0.2, 0.25) is 0 Å². The zero-order valence-corrected chi connectivity index (χ0v) is 7.09. The Hall–Kier alpha value is -1.51. The van der Waals surface area contributed by atoms with Crippen molar-refractivity contribution < 1.29 is 4.52 Å². The smallest absolute Gasteiger partial charge is 0.172 e. The first-order valence-corrected chi connectivity index (χ1v) is 3.81. The van der Waals surface area contributed by atoms with Crippen LogP contribution in [-0.2, 0) is 0 Å². The lowest BCUT2D eigenvalue weighted by Gasteiger charge is -1.97. The fourth-order valence-electron chi connectivity index (χ4n) is 1.27. The van der Waals surface area contributed by atoms with E-state index in [0.29, 0.717) is 0 Å². The monoisotopic (exact) mass is 162 g/mol. The Morgan fingerprint density at radius 1 is 1.33 bits per heavy atom. The van der Waals surface area contributed by atoms with Gasteiger partial charge in [-0.05, 0) is 26.0 Å². The molecule has 1 aromatic carbocycles. The second kappa shape index (κ2) is 2.24. The van der Waals surface area contributed by atoms with Crippen molar-refractivity contribution in [2.45, 2.75) is 13.8 Å². The Labute approximate surface area is 70.1 Å². The van der Waals surface area contributed by atoms with Crippen LogP contribution in [0.5, 0.6) is 0 Å². The average molecular weight is 162 g/mol. The van der Waals surface area contributed by atoms with Gasteiger partial charge in [-0.2, -0.15) is 0 Å². The molecule has 3 nitrogen and oxygen atoms in total. The van der Waals surface area contributed by atoms with Crippen LogP contribution < -0.4 is 5.73 Å². The maximum atomic E-state index is 5.71.